The van der Waals surface area contributed by atoms with Crippen LogP contribution in [0.1, 0.15) is 10.4 Å². The van der Waals surface area contributed by atoms with E-state index in [9.17, 15) is 14.0 Å². The van der Waals surface area contributed by atoms with Crippen LogP contribution in [0.4, 0.5) is 9.18 Å². The van der Waals surface area contributed by atoms with E-state index < -0.39 is 6.09 Å². The van der Waals surface area contributed by atoms with Gasteiger partial charge in [-0.15, -0.1) is 0 Å². The zero-order valence-electron chi connectivity index (χ0n) is 9.68. The standard InChI is InChI=1S/C10H13FN4O3/c1-12-9(16)8-4-14-15(6-8)5-7(2-11)3-13-10(17)18/h2,4,6,13H,3,5H2,1H3,(H,12,16)(H,17,18)/b7-2+. The second-order valence-electron chi connectivity index (χ2n) is 3.43. The fraction of sp³-hybridized carbons (Fsp3) is 0.300. The van der Waals surface area contributed by atoms with E-state index in [1.807, 2.05) is 5.32 Å². The molecule has 0 aliphatic carbocycles. The SMILES string of the molecule is CNC(=O)c1cnn(C/C(=C/F)CNC(=O)O)c1. The van der Waals surface area contributed by atoms with Gasteiger partial charge in [-0.1, -0.05) is 0 Å². The van der Waals surface area contributed by atoms with Crippen molar-refractivity contribution in [2.45, 2.75) is 6.54 Å². The van der Waals surface area contributed by atoms with Crippen molar-refractivity contribution >= 4 is 12.0 Å². The molecule has 1 heterocycles. The van der Waals surface area contributed by atoms with Crippen molar-refractivity contribution < 1.29 is 19.1 Å². The quantitative estimate of drug-likeness (QED) is 0.708. The first-order valence-corrected chi connectivity index (χ1v) is 5.06. The fourth-order valence-corrected chi connectivity index (χ4v) is 1.24. The van der Waals surface area contributed by atoms with E-state index in [0.29, 0.717) is 11.9 Å². The summed E-state index contributed by atoms with van der Waals surface area (Å²) in [6.45, 7) is -0.0746. The fourth-order valence-electron chi connectivity index (χ4n) is 1.24. The second kappa shape index (κ2) is 6.38. The molecule has 0 radical (unpaired) electrons. The molecule has 0 saturated heterocycles. The number of amides is 2. The van der Waals surface area contributed by atoms with Gasteiger partial charge in [0.15, 0.2) is 0 Å². The maximum Gasteiger partial charge on any atom is 0.404 e. The molecule has 18 heavy (non-hydrogen) atoms. The summed E-state index contributed by atoms with van der Waals surface area (Å²) in [6, 6.07) is 0. The van der Waals surface area contributed by atoms with Gasteiger partial charge in [-0.3, -0.25) is 9.48 Å². The lowest BCUT2D eigenvalue weighted by molar-refractivity contribution is 0.0963. The minimum atomic E-state index is -1.24. The Morgan fingerprint density at radius 3 is 2.89 bits per heavy atom. The van der Waals surface area contributed by atoms with Crippen molar-refractivity contribution in [1.82, 2.24) is 20.4 Å². The highest BCUT2D eigenvalue weighted by atomic mass is 19.1. The number of hydrogen-bond acceptors (Lipinski definition) is 3. The zero-order valence-corrected chi connectivity index (χ0v) is 9.68. The van der Waals surface area contributed by atoms with Gasteiger partial charge in [-0.05, 0) is 5.57 Å². The molecular formula is C10H13FN4O3. The molecule has 8 heteroatoms. The first-order valence-electron chi connectivity index (χ1n) is 5.06. The van der Waals surface area contributed by atoms with Crippen LogP contribution in [0.15, 0.2) is 24.3 Å². The molecule has 0 aliphatic heterocycles. The molecule has 2 amide bonds. The van der Waals surface area contributed by atoms with Gasteiger partial charge >= 0.3 is 6.09 Å². The van der Waals surface area contributed by atoms with E-state index in [1.54, 1.807) is 0 Å². The minimum Gasteiger partial charge on any atom is -0.465 e. The van der Waals surface area contributed by atoms with E-state index in [2.05, 4.69) is 10.4 Å². The van der Waals surface area contributed by atoms with E-state index >= 15 is 0 Å². The maximum atomic E-state index is 12.5. The van der Waals surface area contributed by atoms with E-state index in [1.165, 1.54) is 24.1 Å². The summed E-state index contributed by atoms with van der Waals surface area (Å²) >= 11 is 0. The molecule has 3 N–H and O–H groups in total. The van der Waals surface area contributed by atoms with Gasteiger partial charge in [0.1, 0.15) is 0 Å². The number of carboxylic acid groups (broad SMARTS) is 1. The highest BCUT2D eigenvalue weighted by Crippen LogP contribution is 2.02. The van der Waals surface area contributed by atoms with Gasteiger partial charge in [0.2, 0.25) is 0 Å². The molecule has 0 bridgehead atoms. The largest absolute Gasteiger partial charge is 0.465 e. The Hall–Kier alpha value is -2.38. The first-order chi connectivity index (χ1) is 8.56. The normalized spacial score (nSPS) is 11.1. The third kappa shape index (κ3) is 3.89. The lowest BCUT2D eigenvalue weighted by Gasteiger charge is -2.05. The zero-order chi connectivity index (χ0) is 13.5. The smallest absolute Gasteiger partial charge is 0.404 e. The van der Waals surface area contributed by atoms with Gasteiger partial charge in [-0.25, -0.2) is 9.18 Å². The van der Waals surface area contributed by atoms with Crippen LogP contribution in [0, 0.1) is 0 Å². The van der Waals surface area contributed by atoms with Crippen molar-refractivity contribution in [3.8, 4) is 0 Å². The van der Waals surface area contributed by atoms with E-state index in [4.69, 9.17) is 5.11 Å². The Bertz CT molecular complexity index is 469. The van der Waals surface area contributed by atoms with Crippen molar-refractivity contribution in [3.63, 3.8) is 0 Å². The number of nitrogens with zero attached hydrogens (tertiary/aromatic N) is 2. The minimum absolute atomic E-state index is 0.0633. The number of rotatable bonds is 5. The van der Waals surface area contributed by atoms with E-state index in [0.717, 1.165) is 0 Å². The van der Waals surface area contributed by atoms with Crippen LogP contribution in [0.3, 0.4) is 0 Å². The van der Waals surface area contributed by atoms with Crippen LogP contribution >= 0.6 is 0 Å². The summed E-state index contributed by atoms with van der Waals surface area (Å²) in [4.78, 5) is 21.5. The number of halogens is 1. The molecular weight excluding hydrogens is 243 g/mol. The van der Waals surface area contributed by atoms with Gasteiger partial charge in [-0.2, -0.15) is 5.10 Å². The molecule has 1 rings (SSSR count). The van der Waals surface area contributed by atoms with Gasteiger partial charge in [0.05, 0.1) is 24.6 Å². The Balaban J connectivity index is 2.63. The summed E-state index contributed by atoms with van der Waals surface area (Å²) in [6.07, 6.45) is 1.88. The molecule has 1 aromatic heterocycles. The number of hydrogen-bond donors (Lipinski definition) is 3. The Kier molecular flexibility index (Phi) is 4.85. The van der Waals surface area contributed by atoms with Gasteiger partial charge in [0, 0.05) is 19.8 Å². The summed E-state index contributed by atoms with van der Waals surface area (Å²) in [5.41, 5.74) is 0.547. The Morgan fingerprint density at radius 1 is 1.61 bits per heavy atom. The van der Waals surface area contributed by atoms with Crippen molar-refractivity contribution in [2.75, 3.05) is 13.6 Å². The molecule has 0 aliphatic rings. The van der Waals surface area contributed by atoms with Crippen molar-refractivity contribution in [1.29, 1.82) is 0 Å². The molecule has 0 saturated carbocycles. The molecule has 1 aromatic rings. The predicted molar refractivity (Wildman–Crippen MR) is 60.8 cm³/mol. The number of carbonyl (C=O) groups is 2. The molecule has 7 nitrogen and oxygen atoms in total. The number of nitrogens with one attached hydrogen (secondary N) is 2. The van der Waals surface area contributed by atoms with Crippen LogP contribution in [-0.4, -0.2) is 40.5 Å². The lowest BCUT2D eigenvalue weighted by Crippen LogP contribution is -2.24. The van der Waals surface area contributed by atoms with Crippen LogP contribution in [-0.2, 0) is 6.54 Å². The Labute approximate surface area is 102 Å². The maximum absolute atomic E-state index is 12.5. The average Bonchev–Trinajstić information content (AvgIpc) is 2.81. The molecule has 0 fully saturated rings. The second-order valence-corrected chi connectivity index (χ2v) is 3.43. The summed E-state index contributed by atoms with van der Waals surface area (Å²) in [7, 11) is 1.49. The number of carbonyl (C=O) groups excluding carboxylic acids is 1. The number of aromatic nitrogens is 2. The lowest BCUT2D eigenvalue weighted by atomic mass is 10.3. The molecule has 0 spiro atoms. The average molecular weight is 256 g/mol. The molecule has 0 aromatic carbocycles. The van der Waals surface area contributed by atoms with Crippen molar-refractivity contribution in [2.24, 2.45) is 0 Å². The predicted octanol–water partition coefficient (Wildman–Crippen LogP) is 0.364. The summed E-state index contributed by atoms with van der Waals surface area (Å²) < 4.78 is 13.9. The third-order valence-corrected chi connectivity index (χ3v) is 2.11. The topological polar surface area (TPSA) is 96.3 Å². The Morgan fingerprint density at radius 2 is 2.33 bits per heavy atom. The highest BCUT2D eigenvalue weighted by Gasteiger charge is 2.08. The van der Waals surface area contributed by atoms with Gasteiger partial charge in [0.25, 0.3) is 5.91 Å². The molecule has 98 valence electrons. The molecule has 0 unspecified atom stereocenters. The van der Waals surface area contributed by atoms with Gasteiger partial charge < -0.3 is 15.7 Å². The monoisotopic (exact) mass is 256 g/mol. The summed E-state index contributed by atoms with van der Waals surface area (Å²) in [5.74, 6) is -0.296. The van der Waals surface area contributed by atoms with Crippen molar-refractivity contribution in [3.05, 3.63) is 29.9 Å². The third-order valence-electron chi connectivity index (χ3n) is 2.11. The molecule has 0 atom stereocenters. The van der Waals surface area contributed by atoms with Crippen LogP contribution in [0.25, 0.3) is 0 Å². The van der Waals surface area contributed by atoms with E-state index in [-0.39, 0.29) is 24.6 Å². The first kappa shape index (κ1) is 13.7. The van der Waals surface area contributed by atoms with Crippen LogP contribution in [0.2, 0.25) is 0 Å². The van der Waals surface area contributed by atoms with Crippen LogP contribution in [0.5, 0.6) is 0 Å². The highest BCUT2D eigenvalue weighted by molar-refractivity contribution is 5.93. The summed E-state index contributed by atoms with van der Waals surface area (Å²) in [5, 5.41) is 16.7. The van der Waals surface area contributed by atoms with Crippen LogP contribution < -0.4 is 10.6 Å².